The maximum Gasteiger partial charge on any atom is 0.338 e. The van der Waals surface area contributed by atoms with Crippen molar-refractivity contribution in [2.75, 3.05) is 11.1 Å². The molecule has 0 radical (unpaired) electrons. The Kier molecular flexibility index (Phi) is 10.1. The minimum atomic E-state index is -0.509. The highest BCUT2D eigenvalue weighted by atomic mass is 35.5. The van der Waals surface area contributed by atoms with Crippen LogP contribution in [0.1, 0.15) is 40.4 Å². The van der Waals surface area contributed by atoms with Crippen molar-refractivity contribution in [3.8, 4) is 0 Å². The van der Waals surface area contributed by atoms with E-state index in [2.05, 4.69) is 27.4 Å². The molecule has 0 atom stereocenters. The highest BCUT2D eigenvalue weighted by molar-refractivity contribution is 7.99. The van der Waals surface area contributed by atoms with E-state index >= 15 is 0 Å². The summed E-state index contributed by atoms with van der Waals surface area (Å²) in [6.07, 6.45) is 1.39. The SMILES string of the molecule is C=CCn1c(CNC(=O)c2ccc(Cl)cc2)nnc1SCC(=O)Nc1cc(C(=O)OC(C)C)ccc1Cl. The lowest BCUT2D eigenvalue weighted by Gasteiger charge is -2.11. The Morgan fingerprint density at radius 2 is 1.81 bits per heavy atom. The standard InChI is InChI=1S/C25H25Cl2N5O4S/c1-4-11-32-21(13-28-23(34)16-5-8-18(26)9-6-16)30-31-25(32)37-14-22(33)29-20-12-17(7-10-19(20)27)24(35)36-15(2)3/h4-10,12,15H,1,11,13-14H2,2-3H3,(H,28,34)(H,29,33). The second-order valence-electron chi connectivity index (χ2n) is 7.97. The van der Waals surface area contributed by atoms with Gasteiger partial charge in [0.1, 0.15) is 0 Å². The number of rotatable bonds is 11. The van der Waals surface area contributed by atoms with Crippen LogP contribution in [0.2, 0.25) is 10.0 Å². The predicted octanol–water partition coefficient (Wildman–Crippen LogP) is 5.00. The number of carbonyl (C=O) groups is 3. The van der Waals surface area contributed by atoms with Gasteiger partial charge < -0.3 is 19.9 Å². The molecule has 194 valence electrons. The van der Waals surface area contributed by atoms with Gasteiger partial charge in [-0.25, -0.2) is 4.79 Å². The number of halogens is 2. The normalized spacial score (nSPS) is 10.7. The van der Waals surface area contributed by atoms with Gasteiger partial charge in [0.2, 0.25) is 5.91 Å². The van der Waals surface area contributed by atoms with Gasteiger partial charge in [0.15, 0.2) is 11.0 Å². The number of hydrogen-bond donors (Lipinski definition) is 2. The van der Waals surface area contributed by atoms with Crippen LogP contribution in [0.25, 0.3) is 0 Å². The number of allylic oxidation sites excluding steroid dienone is 1. The average Bonchev–Trinajstić information content (AvgIpc) is 3.24. The Hall–Kier alpha value is -3.34. The Bertz CT molecular complexity index is 1290. The van der Waals surface area contributed by atoms with Crippen LogP contribution in [-0.4, -0.2) is 44.4 Å². The van der Waals surface area contributed by atoms with Gasteiger partial charge in [-0.15, -0.1) is 16.8 Å². The molecule has 3 rings (SSSR count). The molecule has 37 heavy (non-hydrogen) atoms. The maximum atomic E-state index is 12.6. The molecule has 2 N–H and O–H groups in total. The fourth-order valence-electron chi connectivity index (χ4n) is 3.08. The summed E-state index contributed by atoms with van der Waals surface area (Å²) in [5, 5.41) is 15.1. The van der Waals surface area contributed by atoms with E-state index in [0.29, 0.717) is 33.8 Å². The van der Waals surface area contributed by atoms with Crippen molar-refractivity contribution in [2.45, 2.75) is 38.2 Å². The van der Waals surface area contributed by atoms with E-state index in [-0.39, 0.29) is 40.8 Å². The fraction of sp³-hybridized carbons (Fsp3) is 0.240. The third-order valence-electron chi connectivity index (χ3n) is 4.77. The molecule has 12 heteroatoms. The van der Waals surface area contributed by atoms with Crippen molar-refractivity contribution in [3.05, 3.63) is 82.1 Å². The van der Waals surface area contributed by atoms with Gasteiger partial charge in [-0.3, -0.25) is 9.59 Å². The predicted molar refractivity (Wildman–Crippen MR) is 144 cm³/mol. The Morgan fingerprint density at radius 1 is 1.11 bits per heavy atom. The van der Waals surface area contributed by atoms with Crippen LogP contribution in [0.5, 0.6) is 0 Å². The molecule has 0 bridgehead atoms. The second kappa shape index (κ2) is 13.3. The van der Waals surface area contributed by atoms with Crippen molar-refractivity contribution in [3.63, 3.8) is 0 Å². The molecule has 1 heterocycles. The van der Waals surface area contributed by atoms with Gasteiger partial charge in [0.25, 0.3) is 5.91 Å². The Balaban J connectivity index is 1.62. The smallest absolute Gasteiger partial charge is 0.338 e. The monoisotopic (exact) mass is 561 g/mol. The molecule has 0 aliphatic rings. The molecule has 9 nitrogen and oxygen atoms in total. The van der Waals surface area contributed by atoms with Gasteiger partial charge in [0.05, 0.1) is 34.7 Å². The van der Waals surface area contributed by atoms with Gasteiger partial charge in [0, 0.05) is 17.1 Å². The lowest BCUT2D eigenvalue weighted by molar-refractivity contribution is -0.113. The van der Waals surface area contributed by atoms with Gasteiger partial charge in [-0.1, -0.05) is 41.0 Å². The quantitative estimate of drug-likeness (QED) is 0.192. The molecule has 2 aromatic carbocycles. The number of nitrogens with zero attached hydrogens (tertiary/aromatic N) is 3. The summed E-state index contributed by atoms with van der Waals surface area (Å²) in [6, 6.07) is 11.0. The van der Waals surface area contributed by atoms with Crippen molar-refractivity contribution in [2.24, 2.45) is 0 Å². The van der Waals surface area contributed by atoms with E-state index in [4.69, 9.17) is 27.9 Å². The first-order chi connectivity index (χ1) is 17.7. The van der Waals surface area contributed by atoms with Crippen LogP contribution >= 0.6 is 35.0 Å². The second-order valence-corrected chi connectivity index (χ2v) is 9.76. The third kappa shape index (κ3) is 8.08. The van der Waals surface area contributed by atoms with Crippen molar-refractivity contribution in [1.82, 2.24) is 20.1 Å². The Labute approximate surface area is 228 Å². The molecular weight excluding hydrogens is 537 g/mol. The summed E-state index contributed by atoms with van der Waals surface area (Å²) >= 11 is 13.2. The highest BCUT2D eigenvalue weighted by Crippen LogP contribution is 2.25. The van der Waals surface area contributed by atoms with Crippen LogP contribution in [-0.2, 0) is 22.6 Å². The molecule has 0 aliphatic carbocycles. The van der Waals surface area contributed by atoms with Crippen molar-refractivity contribution in [1.29, 1.82) is 0 Å². The lowest BCUT2D eigenvalue weighted by atomic mass is 10.2. The van der Waals surface area contributed by atoms with Gasteiger partial charge >= 0.3 is 5.97 Å². The minimum Gasteiger partial charge on any atom is -0.459 e. The molecule has 2 amide bonds. The number of ether oxygens (including phenoxy) is 1. The highest BCUT2D eigenvalue weighted by Gasteiger charge is 2.17. The number of esters is 1. The van der Waals surface area contributed by atoms with Crippen LogP contribution in [0, 0.1) is 0 Å². The number of nitrogens with one attached hydrogen (secondary N) is 2. The summed E-state index contributed by atoms with van der Waals surface area (Å²) < 4.78 is 6.94. The molecular formula is C25H25Cl2N5O4S. The number of amides is 2. The first-order valence-electron chi connectivity index (χ1n) is 11.2. The zero-order chi connectivity index (χ0) is 26.9. The Morgan fingerprint density at radius 3 is 2.49 bits per heavy atom. The number of thioether (sulfide) groups is 1. The zero-order valence-corrected chi connectivity index (χ0v) is 22.5. The zero-order valence-electron chi connectivity index (χ0n) is 20.2. The molecule has 0 aliphatic heterocycles. The molecule has 0 saturated heterocycles. The van der Waals surface area contributed by atoms with E-state index in [1.807, 2.05) is 0 Å². The topological polar surface area (TPSA) is 115 Å². The van der Waals surface area contributed by atoms with E-state index in [0.717, 1.165) is 11.8 Å². The number of aromatic nitrogens is 3. The summed E-state index contributed by atoms with van der Waals surface area (Å²) in [4.78, 5) is 37.2. The maximum absolute atomic E-state index is 12.6. The molecule has 0 spiro atoms. The van der Waals surface area contributed by atoms with Crippen molar-refractivity contribution < 1.29 is 19.1 Å². The van der Waals surface area contributed by atoms with Crippen LogP contribution in [0.3, 0.4) is 0 Å². The molecule has 0 saturated carbocycles. The van der Waals surface area contributed by atoms with E-state index in [1.54, 1.807) is 48.8 Å². The largest absolute Gasteiger partial charge is 0.459 e. The number of benzene rings is 2. The van der Waals surface area contributed by atoms with E-state index in [9.17, 15) is 14.4 Å². The first kappa shape index (κ1) is 28.2. The average molecular weight is 562 g/mol. The van der Waals surface area contributed by atoms with Crippen molar-refractivity contribution >= 4 is 58.4 Å². The van der Waals surface area contributed by atoms with Crippen LogP contribution in [0.15, 0.2) is 60.3 Å². The molecule has 3 aromatic rings. The summed E-state index contributed by atoms with van der Waals surface area (Å²) in [5.74, 6) is -0.639. The molecule has 1 aromatic heterocycles. The summed E-state index contributed by atoms with van der Waals surface area (Å²) in [5.41, 5.74) is 1.03. The summed E-state index contributed by atoms with van der Waals surface area (Å²) in [7, 11) is 0. The van der Waals surface area contributed by atoms with Crippen LogP contribution < -0.4 is 10.6 Å². The fourth-order valence-corrected chi connectivity index (χ4v) is 4.14. The third-order valence-corrected chi connectivity index (χ3v) is 6.32. The minimum absolute atomic E-state index is 0.00338. The summed E-state index contributed by atoms with van der Waals surface area (Å²) in [6.45, 7) is 7.76. The molecule has 0 unspecified atom stereocenters. The molecule has 0 fully saturated rings. The number of carbonyl (C=O) groups excluding carboxylic acids is 3. The number of anilines is 1. The lowest BCUT2D eigenvalue weighted by Crippen LogP contribution is -2.24. The van der Waals surface area contributed by atoms with E-state index in [1.165, 1.54) is 18.2 Å². The first-order valence-corrected chi connectivity index (χ1v) is 12.9. The van der Waals surface area contributed by atoms with Gasteiger partial charge in [-0.2, -0.15) is 0 Å². The van der Waals surface area contributed by atoms with Gasteiger partial charge in [-0.05, 0) is 56.3 Å². The van der Waals surface area contributed by atoms with Crippen LogP contribution in [0.4, 0.5) is 5.69 Å². The van der Waals surface area contributed by atoms with E-state index < -0.39 is 5.97 Å². The number of hydrogen-bond acceptors (Lipinski definition) is 7.